The molecule has 1 aliphatic heterocycles. The molecule has 2 nitrogen and oxygen atoms in total. The Morgan fingerprint density at radius 1 is 0.394 bits per heavy atom. The van der Waals surface area contributed by atoms with E-state index in [-0.39, 0.29) is 0 Å². The average Bonchev–Trinajstić information content (AvgIpc) is 3.21. The number of rotatable bonds is 25. The molecule has 0 aromatic rings. The maximum absolute atomic E-state index is 2.68. The highest BCUT2D eigenvalue weighted by molar-refractivity contribution is 4.97. The summed E-state index contributed by atoms with van der Waals surface area (Å²) in [5.41, 5.74) is 0. The normalized spacial score (nSPS) is 15.8. The monoisotopic (exact) mass is 462 g/mol. The van der Waals surface area contributed by atoms with Crippen molar-refractivity contribution in [2.24, 2.45) is 0 Å². The summed E-state index contributed by atoms with van der Waals surface area (Å²) in [6.07, 6.45) is 38.0. The first-order chi connectivity index (χ1) is 16.3. The second kappa shape index (κ2) is 23.1. The molecular weight excluding hydrogens is 400 g/mol. The number of nitrogens with zero attached hydrogens (tertiary/aromatic N) is 2. The molecule has 0 amide bonds. The standard InChI is InChI=1S/C31H62N2/c1-4-7-10-13-15-16-17-18-19-20-23-26-31-32(27-24-21-12-9-6-3)29-30-33(31)28-25-22-14-11-8-5-2/h29-31H,4-28H2,1-3H3. The molecule has 0 bridgehead atoms. The van der Waals surface area contributed by atoms with Crippen LogP contribution in [0.15, 0.2) is 12.4 Å². The van der Waals surface area contributed by atoms with E-state index in [9.17, 15) is 0 Å². The fourth-order valence-electron chi connectivity index (χ4n) is 5.30. The fourth-order valence-corrected chi connectivity index (χ4v) is 5.30. The lowest BCUT2D eigenvalue weighted by Gasteiger charge is -2.33. The van der Waals surface area contributed by atoms with Crippen molar-refractivity contribution in [3.8, 4) is 0 Å². The van der Waals surface area contributed by atoms with Gasteiger partial charge in [-0.3, -0.25) is 0 Å². The first-order valence-corrected chi connectivity index (χ1v) is 15.5. The third-order valence-electron chi connectivity index (χ3n) is 7.57. The van der Waals surface area contributed by atoms with E-state index in [1.54, 1.807) is 0 Å². The number of hydrogen-bond acceptors (Lipinski definition) is 2. The predicted molar refractivity (Wildman–Crippen MR) is 150 cm³/mol. The van der Waals surface area contributed by atoms with Gasteiger partial charge in [-0.15, -0.1) is 0 Å². The van der Waals surface area contributed by atoms with Gasteiger partial charge < -0.3 is 9.80 Å². The van der Waals surface area contributed by atoms with Gasteiger partial charge in [-0.05, 0) is 25.7 Å². The van der Waals surface area contributed by atoms with Crippen LogP contribution in [0.5, 0.6) is 0 Å². The first kappa shape index (κ1) is 30.4. The zero-order valence-corrected chi connectivity index (χ0v) is 23.3. The first-order valence-electron chi connectivity index (χ1n) is 15.5. The Morgan fingerprint density at radius 2 is 0.697 bits per heavy atom. The van der Waals surface area contributed by atoms with E-state index in [0.29, 0.717) is 6.17 Å². The zero-order chi connectivity index (χ0) is 23.8. The lowest BCUT2D eigenvalue weighted by Crippen LogP contribution is -2.39. The highest BCUT2D eigenvalue weighted by Gasteiger charge is 2.24. The molecule has 0 fully saturated rings. The van der Waals surface area contributed by atoms with Crippen LogP contribution in [0.4, 0.5) is 0 Å². The van der Waals surface area contributed by atoms with Gasteiger partial charge in [0.25, 0.3) is 0 Å². The maximum atomic E-state index is 2.68. The van der Waals surface area contributed by atoms with Crippen molar-refractivity contribution in [3.63, 3.8) is 0 Å². The van der Waals surface area contributed by atoms with Crippen LogP contribution in [0.2, 0.25) is 0 Å². The molecule has 0 aromatic heterocycles. The minimum atomic E-state index is 0.644. The van der Waals surface area contributed by atoms with E-state index in [1.807, 2.05) is 0 Å². The molecule has 1 unspecified atom stereocenters. The summed E-state index contributed by atoms with van der Waals surface area (Å²) in [7, 11) is 0. The van der Waals surface area contributed by atoms with Crippen LogP contribution >= 0.6 is 0 Å². The van der Waals surface area contributed by atoms with Gasteiger partial charge >= 0.3 is 0 Å². The third kappa shape index (κ3) is 16.6. The molecule has 0 aliphatic carbocycles. The summed E-state index contributed by atoms with van der Waals surface area (Å²) in [6, 6.07) is 0. The molecule has 196 valence electrons. The summed E-state index contributed by atoms with van der Waals surface area (Å²) in [4.78, 5) is 5.36. The minimum Gasteiger partial charge on any atom is -0.356 e. The molecule has 0 saturated carbocycles. The van der Waals surface area contributed by atoms with E-state index in [1.165, 1.54) is 161 Å². The van der Waals surface area contributed by atoms with Gasteiger partial charge in [0.05, 0.1) is 0 Å². The third-order valence-corrected chi connectivity index (χ3v) is 7.57. The Labute approximate surface area is 210 Å². The van der Waals surface area contributed by atoms with Crippen molar-refractivity contribution in [1.29, 1.82) is 0 Å². The van der Waals surface area contributed by atoms with Crippen LogP contribution in [-0.2, 0) is 0 Å². The van der Waals surface area contributed by atoms with E-state index < -0.39 is 0 Å². The van der Waals surface area contributed by atoms with Crippen molar-refractivity contribution in [1.82, 2.24) is 9.80 Å². The van der Waals surface area contributed by atoms with Crippen molar-refractivity contribution in [3.05, 3.63) is 12.4 Å². The summed E-state index contributed by atoms with van der Waals surface area (Å²) < 4.78 is 0. The van der Waals surface area contributed by atoms with Gasteiger partial charge in [0.1, 0.15) is 6.17 Å². The smallest absolute Gasteiger partial charge is 0.101 e. The molecule has 0 N–H and O–H groups in total. The Hall–Kier alpha value is -0.660. The van der Waals surface area contributed by atoms with Crippen molar-refractivity contribution in [2.45, 2.75) is 175 Å². The molecule has 33 heavy (non-hydrogen) atoms. The van der Waals surface area contributed by atoms with Crippen LogP contribution < -0.4 is 0 Å². The Kier molecular flexibility index (Phi) is 21.3. The fraction of sp³-hybridized carbons (Fsp3) is 0.935. The molecule has 0 saturated heterocycles. The van der Waals surface area contributed by atoms with Gasteiger partial charge in [-0.25, -0.2) is 0 Å². The van der Waals surface area contributed by atoms with Crippen LogP contribution in [0.3, 0.4) is 0 Å². The van der Waals surface area contributed by atoms with Crippen molar-refractivity contribution < 1.29 is 0 Å². The summed E-state index contributed by atoms with van der Waals surface area (Å²) in [5, 5.41) is 0. The van der Waals surface area contributed by atoms with Crippen LogP contribution in [-0.4, -0.2) is 29.1 Å². The minimum absolute atomic E-state index is 0.644. The summed E-state index contributed by atoms with van der Waals surface area (Å²) >= 11 is 0. The molecule has 1 aliphatic rings. The van der Waals surface area contributed by atoms with E-state index >= 15 is 0 Å². The quantitative estimate of drug-likeness (QED) is 0.124. The lowest BCUT2D eigenvalue weighted by atomic mass is 10.0. The molecule has 1 rings (SSSR count). The zero-order valence-electron chi connectivity index (χ0n) is 23.3. The van der Waals surface area contributed by atoms with Crippen molar-refractivity contribution >= 4 is 0 Å². The Balaban J connectivity index is 2.23. The SMILES string of the molecule is CCCCCCCCCCCCCC1N(CCCCCCC)C=CN1CCCCCCCC. The Bertz CT molecular complexity index is 419. The number of unbranched alkanes of at least 4 members (excludes halogenated alkanes) is 19. The van der Waals surface area contributed by atoms with Crippen LogP contribution in [0.25, 0.3) is 0 Å². The molecule has 0 spiro atoms. The molecule has 1 atom stereocenters. The molecule has 0 aromatic carbocycles. The molecule has 0 radical (unpaired) electrons. The number of hydrogen-bond donors (Lipinski definition) is 0. The second-order valence-electron chi connectivity index (χ2n) is 10.8. The topological polar surface area (TPSA) is 6.48 Å². The average molecular weight is 463 g/mol. The van der Waals surface area contributed by atoms with Gasteiger partial charge in [-0.1, -0.05) is 143 Å². The highest BCUT2D eigenvalue weighted by Crippen LogP contribution is 2.24. The second-order valence-corrected chi connectivity index (χ2v) is 10.8. The van der Waals surface area contributed by atoms with Gasteiger partial charge in [0.2, 0.25) is 0 Å². The summed E-state index contributed by atoms with van der Waals surface area (Å²) in [6.45, 7) is 9.45. The largest absolute Gasteiger partial charge is 0.356 e. The van der Waals surface area contributed by atoms with Crippen molar-refractivity contribution in [2.75, 3.05) is 13.1 Å². The van der Waals surface area contributed by atoms with E-state index in [2.05, 4.69) is 43.0 Å². The predicted octanol–water partition coefficient (Wildman–Crippen LogP) is 10.4. The van der Waals surface area contributed by atoms with Crippen LogP contribution in [0, 0.1) is 0 Å². The van der Waals surface area contributed by atoms with Gasteiger partial charge in [0.15, 0.2) is 0 Å². The molecule has 1 heterocycles. The highest BCUT2D eigenvalue weighted by atomic mass is 15.4. The summed E-state index contributed by atoms with van der Waals surface area (Å²) in [5.74, 6) is 0. The Morgan fingerprint density at radius 3 is 1.06 bits per heavy atom. The lowest BCUT2D eigenvalue weighted by molar-refractivity contribution is 0.135. The molecular formula is C31H62N2. The maximum Gasteiger partial charge on any atom is 0.101 e. The van der Waals surface area contributed by atoms with Crippen LogP contribution in [0.1, 0.15) is 168 Å². The van der Waals surface area contributed by atoms with Gasteiger partial charge in [0, 0.05) is 25.5 Å². The van der Waals surface area contributed by atoms with E-state index in [0.717, 1.165) is 0 Å². The van der Waals surface area contributed by atoms with Gasteiger partial charge in [-0.2, -0.15) is 0 Å². The molecule has 2 heteroatoms. The van der Waals surface area contributed by atoms with E-state index in [4.69, 9.17) is 0 Å².